The lowest BCUT2D eigenvalue weighted by atomic mass is 9.92. The monoisotopic (exact) mass is 448 g/mol. The minimum absolute atomic E-state index is 0.121. The number of hydrogen-bond acceptors (Lipinski definition) is 7. The van der Waals surface area contributed by atoms with E-state index in [4.69, 9.17) is 21.4 Å². The lowest BCUT2D eigenvalue weighted by Gasteiger charge is -2.28. The molecule has 2 heterocycles. The minimum atomic E-state index is -2.67. The topological polar surface area (TPSA) is 114 Å². The van der Waals surface area contributed by atoms with Gasteiger partial charge < -0.3 is 20.1 Å². The third-order valence-electron chi connectivity index (χ3n) is 5.27. The standard InChI is InChI=1S/C18H23ClF2N4O5/c19-15-14(7-22-25(16(15)28)8-12(27)10-26)24-6-3-13(9-24)30-17(29)23-11-1-4-18(20,21)5-2-11/h7,11,13,26H,1-6,8-10H2,(H,23,29)/t13-/m1/s1. The van der Waals surface area contributed by atoms with E-state index < -0.39 is 36.1 Å². The molecule has 1 saturated carbocycles. The number of alkyl halides is 2. The molecule has 1 aliphatic carbocycles. The second kappa shape index (κ2) is 9.25. The number of rotatable bonds is 6. The molecule has 166 valence electrons. The SMILES string of the molecule is O=C(CO)Cn1ncc(N2CC[C@@H](OC(=O)NC3CCC(F)(F)CC3)C2)c(Cl)c1=O. The fourth-order valence-electron chi connectivity index (χ4n) is 3.59. The van der Waals surface area contributed by atoms with Gasteiger partial charge in [0.1, 0.15) is 24.3 Å². The van der Waals surface area contributed by atoms with Crippen molar-refractivity contribution in [3.05, 3.63) is 21.6 Å². The fraction of sp³-hybridized carbons (Fsp3) is 0.667. The molecule has 1 aromatic rings. The van der Waals surface area contributed by atoms with Crippen LogP contribution in [-0.4, -0.2) is 64.5 Å². The number of aliphatic hydroxyl groups excluding tert-OH is 1. The number of Topliss-reactive ketones (excluding diaryl/α,β-unsaturated/α-hetero) is 1. The Morgan fingerprint density at radius 3 is 2.70 bits per heavy atom. The molecule has 0 unspecified atom stereocenters. The van der Waals surface area contributed by atoms with E-state index in [0.29, 0.717) is 18.7 Å². The smallest absolute Gasteiger partial charge is 0.407 e. The first kappa shape index (κ1) is 22.4. The summed E-state index contributed by atoms with van der Waals surface area (Å²) < 4.78 is 32.6. The summed E-state index contributed by atoms with van der Waals surface area (Å²) >= 11 is 6.14. The van der Waals surface area contributed by atoms with Gasteiger partial charge in [0.15, 0.2) is 5.78 Å². The lowest BCUT2D eigenvalue weighted by Crippen LogP contribution is -2.42. The second-order valence-electron chi connectivity index (χ2n) is 7.54. The second-order valence-corrected chi connectivity index (χ2v) is 7.92. The van der Waals surface area contributed by atoms with Crippen LogP contribution in [0.2, 0.25) is 5.02 Å². The number of nitrogens with one attached hydrogen (secondary N) is 1. The maximum atomic E-state index is 13.2. The molecule has 2 N–H and O–H groups in total. The number of ether oxygens (including phenoxy) is 1. The van der Waals surface area contributed by atoms with Crippen molar-refractivity contribution in [3.8, 4) is 0 Å². The molecule has 0 radical (unpaired) electrons. The summed E-state index contributed by atoms with van der Waals surface area (Å²) in [6, 6.07) is -0.331. The summed E-state index contributed by atoms with van der Waals surface area (Å²) in [5.41, 5.74) is -0.303. The van der Waals surface area contributed by atoms with Crippen LogP contribution in [0.1, 0.15) is 32.1 Å². The predicted octanol–water partition coefficient (Wildman–Crippen LogP) is 1.34. The average Bonchev–Trinajstić information content (AvgIpc) is 3.15. The van der Waals surface area contributed by atoms with Gasteiger partial charge in [-0.15, -0.1) is 0 Å². The molecule has 9 nitrogen and oxygen atoms in total. The first-order valence-electron chi connectivity index (χ1n) is 9.66. The highest BCUT2D eigenvalue weighted by molar-refractivity contribution is 6.33. The quantitative estimate of drug-likeness (QED) is 0.675. The molecule has 1 aromatic heterocycles. The van der Waals surface area contributed by atoms with Gasteiger partial charge >= 0.3 is 6.09 Å². The first-order valence-corrected chi connectivity index (χ1v) is 10.0. The third-order valence-corrected chi connectivity index (χ3v) is 5.62. The van der Waals surface area contributed by atoms with E-state index in [2.05, 4.69) is 10.4 Å². The van der Waals surface area contributed by atoms with Gasteiger partial charge in [-0.3, -0.25) is 9.59 Å². The highest BCUT2D eigenvalue weighted by Crippen LogP contribution is 2.33. The van der Waals surface area contributed by atoms with Gasteiger partial charge in [0.25, 0.3) is 5.56 Å². The largest absolute Gasteiger partial charge is 0.444 e. The molecular formula is C18H23ClF2N4O5. The molecule has 0 bridgehead atoms. The number of aliphatic hydroxyl groups is 1. The van der Waals surface area contributed by atoms with Crippen molar-refractivity contribution in [1.29, 1.82) is 0 Å². The number of amides is 1. The molecule has 1 atom stereocenters. The van der Waals surface area contributed by atoms with Crippen LogP contribution in [0.15, 0.2) is 11.0 Å². The Hall–Kier alpha value is -2.27. The summed E-state index contributed by atoms with van der Waals surface area (Å²) in [6.07, 6.45) is 0.637. The molecular weight excluding hydrogens is 426 g/mol. The van der Waals surface area contributed by atoms with Gasteiger partial charge in [0, 0.05) is 31.8 Å². The maximum Gasteiger partial charge on any atom is 0.407 e. The Kier molecular flexibility index (Phi) is 6.91. The van der Waals surface area contributed by atoms with E-state index in [0.717, 1.165) is 4.68 Å². The van der Waals surface area contributed by atoms with Gasteiger partial charge in [0.05, 0.1) is 18.4 Å². The van der Waals surface area contributed by atoms with Crippen LogP contribution in [0.5, 0.6) is 0 Å². The van der Waals surface area contributed by atoms with Crippen LogP contribution >= 0.6 is 11.6 Å². The minimum Gasteiger partial charge on any atom is -0.444 e. The first-order chi connectivity index (χ1) is 14.2. The molecule has 0 aromatic carbocycles. The van der Waals surface area contributed by atoms with Gasteiger partial charge in [-0.1, -0.05) is 11.6 Å². The Labute approximate surface area is 175 Å². The van der Waals surface area contributed by atoms with Crippen molar-refractivity contribution in [2.75, 3.05) is 24.6 Å². The van der Waals surface area contributed by atoms with Crippen molar-refractivity contribution in [3.63, 3.8) is 0 Å². The third kappa shape index (κ3) is 5.45. The normalized spacial score (nSPS) is 21.5. The number of carbonyl (C=O) groups excluding carboxylic acids is 2. The van der Waals surface area contributed by atoms with Gasteiger partial charge in [0.2, 0.25) is 5.92 Å². The van der Waals surface area contributed by atoms with Crippen LogP contribution in [-0.2, 0) is 16.1 Å². The van der Waals surface area contributed by atoms with Gasteiger partial charge in [-0.05, 0) is 12.8 Å². The fourth-order valence-corrected chi connectivity index (χ4v) is 3.85. The molecule has 2 aliphatic rings. The molecule has 1 saturated heterocycles. The lowest BCUT2D eigenvalue weighted by molar-refractivity contribution is -0.122. The number of aromatic nitrogens is 2. The van der Waals surface area contributed by atoms with Crippen molar-refractivity contribution >= 4 is 29.2 Å². The van der Waals surface area contributed by atoms with E-state index >= 15 is 0 Å². The van der Waals surface area contributed by atoms with Gasteiger partial charge in [-0.2, -0.15) is 5.10 Å². The van der Waals surface area contributed by atoms with Crippen LogP contribution < -0.4 is 15.8 Å². The molecule has 3 rings (SSSR count). The van der Waals surface area contributed by atoms with Crippen LogP contribution in [0, 0.1) is 0 Å². The summed E-state index contributed by atoms with van der Waals surface area (Å²) in [7, 11) is 0. The summed E-state index contributed by atoms with van der Waals surface area (Å²) in [5.74, 6) is -3.24. The van der Waals surface area contributed by atoms with Gasteiger partial charge in [-0.25, -0.2) is 18.3 Å². The van der Waals surface area contributed by atoms with E-state index in [1.165, 1.54) is 6.20 Å². The van der Waals surface area contributed by atoms with E-state index in [1.807, 2.05) is 0 Å². The molecule has 1 aliphatic heterocycles. The Bertz CT molecular complexity index is 855. The molecule has 0 spiro atoms. The number of hydrogen-bond donors (Lipinski definition) is 2. The molecule has 12 heteroatoms. The van der Waals surface area contributed by atoms with E-state index in [-0.39, 0.29) is 49.8 Å². The highest BCUT2D eigenvalue weighted by atomic mass is 35.5. The number of halogens is 3. The number of anilines is 1. The van der Waals surface area contributed by atoms with E-state index in [9.17, 15) is 23.2 Å². The number of alkyl carbamates (subject to hydrolysis) is 1. The van der Waals surface area contributed by atoms with Crippen molar-refractivity contribution in [1.82, 2.24) is 15.1 Å². The Balaban J connectivity index is 1.54. The summed E-state index contributed by atoms with van der Waals surface area (Å²) in [5, 5.41) is 15.2. The number of carbonyl (C=O) groups is 2. The van der Waals surface area contributed by atoms with Crippen molar-refractivity contribution in [2.45, 2.75) is 56.7 Å². The molecule has 2 fully saturated rings. The zero-order valence-electron chi connectivity index (χ0n) is 16.2. The Morgan fingerprint density at radius 1 is 1.33 bits per heavy atom. The molecule has 30 heavy (non-hydrogen) atoms. The summed E-state index contributed by atoms with van der Waals surface area (Å²) in [6.45, 7) is -0.330. The predicted molar refractivity (Wildman–Crippen MR) is 103 cm³/mol. The van der Waals surface area contributed by atoms with Crippen LogP contribution in [0.25, 0.3) is 0 Å². The zero-order chi connectivity index (χ0) is 21.9. The number of ketones is 1. The Morgan fingerprint density at radius 2 is 2.03 bits per heavy atom. The van der Waals surface area contributed by atoms with Crippen LogP contribution in [0.4, 0.5) is 19.3 Å². The maximum absolute atomic E-state index is 13.2. The zero-order valence-corrected chi connectivity index (χ0v) is 16.9. The van der Waals surface area contributed by atoms with Crippen LogP contribution in [0.3, 0.4) is 0 Å². The van der Waals surface area contributed by atoms with Crippen molar-refractivity contribution < 1.29 is 28.2 Å². The highest BCUT2D eigenvalue weighted by Gasteiger charge is 2.36. The van der Waals surface area contributed by atoms with E-state index in [1.54, 1.807) is 4.90 Å². The summed E-state index contributed by atoms with van der Waals surface area (Å²) in [4.78, 5) is 37.4. The van der Waals surface area contributed by atoms with Crippen molar-refractivity contribution in [2.24, 2.45) is 0 Å². The average molecular weight is 449 g/mol. The molecule has 1 amide bonds. The number of nitrogens with zero attached hydrogens (tertiary/aromatic N) is 3.